The zero-order valence-corrected chi connectivity index (χ0v) is 13.4. The Balaban J connectivity index is 2.84. The minimum absolute atomic E-state index is 0.0690. The van der Waals surface area contributed by atoms with Crippen molar-refractivity contribution in [1.29, 1.82) is 0 Å². The Bertz CT molecular complexity index is 742. The molecule has 0 radical (unpaired) electrons. The van der Waals surface area contributed by atoms with Gasteiger partial charge in [0.15, 0.2) is 0 Å². The van der Waals surface area contributed by atoms with Gasteiger partial charge in [-0.15, -0.1) is 0 Å². The van der Waals surface area contributed by atoms with Crippen LogP contribution in [0.1, 0.15) is 16.8 Å². The fourth-order valence-corrected chi connectivity index (χ4v) is 3.43. The number of carboxylic acid groups (broad SMARTS) is 1. The summed E-state index contributed by atoms with van der Waals surface area (Å²) < 4.78 is 47.9. The van der Waals surface area contributed by atoms with E-state index in [1.807, 2.05) is 0 Å². The molecule has 118 valence electrons. The van der Waals surface area contributed by atoms with Crippen LogP contribution >= 0.6 is 11.6 Å². The Hall–Kier alpha value is -1.16. The molecule has 7 nitrogen and oxygen atoms in total. The van der Waals surface area contributed by atoms with Gasteiger partial charge in [0.2, 0.25) is 10.0 Å². The summed E-state index contributed by atoms with van der Waals surface area (Å²) in [7, 11) is -7.08. The zero-order valence-electron chi connectivity index (χ0n) is 11.0. The molecule has 0 atom stereocenters. The number of benzene rings is 1. The molecule has 0 aliphatic rings. The molecule has 0 fully saturated rings. The Morgan fingerprint density at radius 3 is 2.43 bits per heavy atom. The summed E-state index contributed by atoms with van der Waals surface area (Å²) in [4.78, 5) is 10.7. The third-order valence-corrected chi connectivity index (χ3v) is 5.28. The van der Waals surface area contributed by atoms with Crippen molar-refractivity contribution in [2.45, 2.75) is 11.3 Å². The second-order valence-electron chi connectivity index (χ2n) is 4.33. The number of aromatic carboxylic acids is 1. The lowest BCUT2D eigenvalue weighted by atomic mass is 10.2. The lowest BCUT2D eigenvalue weighted by Crippen LogP contribution is -2.26. The first kappa shape index (κ1) is 17.9. The number of nitrogens with one attached hydrogen (secondary N) is 1. The van der Waals surface area contributed by atoms with E-state index in [-0.39, 0.29) is 34.2 Å². The Kier molecular flexibility index (Phi) is 5.74. The topological polar surface area (TPSA) is 118 Å². The molecule has 0 heterocycles. The summed E-state index contributed by atoms with van der Waals surface area (Å²) in [6.07, 6.45) is 1.18. The van der Waals surface area contributed by atoms with Crippen LogP contribution in [0.3, 0.4) is 0 Å². The maximum absolute atomic E-state index is 11.9. The zero-order chi connectivity index (χ0) is 16.3. The highest BCUT2D eigenvalue weighted by Gasteiger charge is 2.18. The van der Waals surface area contributed by atoms with Crippen LogP contribution in [0.25, 0.3) is 0 Å². The van der Waals surface area contributed by atoms with Crippen molar-refractivity contribution >= 4 is 37.4 Å². The number of hydrogen-bond donors (Lipinski definition) is 2. The highest BCUT2D eigenvalue weighted by atomic mass is 35.5. The summed E-state index contributed by atoms with van der Waals surface area (Å²) in [6, 6.07) is 3.30. The van der Waals surface area contributed by atoms with Gasteiger partial charge in [0.1, 0.15) is 9.84 Å². The molecule has 0 aliphatic heterocycles. The maximum atomic E-state index is 11.9. The van der Waals surface area contributed by atoms with E-state index in [0.717, 1.165) is 12.3 Å². The standard InChI is InChI=1S/C11H14ClNO6S2/c1-20(16,17)6-2-5-13-21(18,19)8-3-4-10(12)9(7-8)11(14)15/h3-4,7,13H,2,5-6H2,1H3,(H,14,15). The molecule has 0 aliphatic carbocycles. The molecule has 0 aromatic heterocycles. The number of carbonyl (C=O) groups is 1. The van der Waals surface area contributed by atoms with E-state index in [9.17, 15) is 21.6 Å². The summed E-state index contributed by atoms with van der Waals surface area (Å²) in [5, 5.41) is 8.82. The fraction of sp³-hybridized carbons (Fsp3) is 0.364. The second kappa shape index (κ2) is 6.73. The first-order chi connectivity index (χ1) is 9.53. The lowest BCUT2D eigenvalue weighted by Gasteiger charge is -2.08. The molecular formula is C11H14ClNO6S2. The molecule has 1 rings (SSSR count). The molecule has 0 spiro atoms. The molecule has 0 bridgehead atoms. The number of sulfonamides is 1. The highest BCUT2D eigenvalue weighted by Crippen LogP contribution is 2.20. The molecule has 0 amide bonds. The van der Waals surface area contributed by atoms with Gasteiger partial charge in [-0.25, -0.2) is 26.4 Å². The number of halogens is 1. The maximum Gasteiger partial charge on any atom is 0.337 e. The van der Waals surface area contributed by atoms with E-state index < -0.39 is 25.8 Å². The van der Waals surface area contributed by atoms with Gasteiger partial charge in [0.25, 0.3) is 0 Å². The van der Waals surface area contributed by atoms with Crippen LogP contribution in [0.5, 0.6) is 0 Å². The largest absolute Gasteiger partial charge is 0.478 e. The van der Waals surface area contributed by atoms with Crippen LogP contribution in [0.4, 0.5) is 0 Å². The van der Waals surface area contributed by atoms with Gasteiger partial charge in [-0.3, -0.25) is 0 Å². The van der Waals surface area contributed by atoms with E-state index in [1.54, 1.807) is 0 Å². The summed E-state index contributed by atoms with van der Waals surface area (Å²) in [5.74, 6) is -1.48. The summed E-state index contributed by atoms with van der Waals surface area (Å²) in [6.45, 7) is -0.0690. The average molecular weight is 356 g/mol. The lowest BCUT2D eigenvalue weighted by molar-refractivity contribution is 0.0697. The molecule has 21 heavy (non-hydrogen) atoms. The van der Waals surface area contributed by atoms with Gasteiger partial charge in [-0.1, -0.05) is 11.6 Å². The van der Waals surface area contributed by atoms with E-state index >= 15 is 0 Å². The average Bonchev–Trinajstić information content (AvgIpc) is 2.33. The molecule has 10 heteroatoms. The van der Waals surface area contributed by atoms with E-state index in [0.29, 0.717) is 0 Å². The minimum atomic E-state index is -3.92. The highest BCUT2D eigenvalue weighted by molar-refractivity contribution is 7.90. The van der Waals surface area contributed by atoms with Crippen LogP contribution in [-0.4, -0.2) is 46.5 Å². The van der Waals surface area contributed by atoms with Crippen LogP contribution in [0.15, 0.2) is 23.1 Å². The van der Waals surface area contributed by atoms with Gasteiger partial charge < -0.3 is 5.11 Å². The Labute approximate surface area is 127 Å². The summed E-state index contributed by atoms with van der Waals surface area (Å²) in [5.41, 5.74) is -0.323. The first-order valence-electron chi connectivity index (χ1n) is 5.73. The second-order valence-corrected chi connectivity index (χ2v) is 8.76. The van der Waals surface area contributed by atoms with Crippen molar-refractivity contribution in [3.63, 3.8) is 0 Å². The SMILES string of the molecule is CS(=O)(=O)CCCNS(=O)(=O)c1ccc(Cl)c(C(=O)O)c1. The van der Waals surface area contributed by atoms with Gasteiger partial charge in [0, 0.05) is 12.8 Å². The molecule has 1 aromatic carbocycles. The van der Waals surface area contributed by atoms with Crippen LogP contribution < -0.4 is 4.72 Å². The van der Waals surface area contributed by atoms with Crippen molar-refractivity contribution in [3.8, 4) is 0 Å². The summed E-state index contributed by atoms with van der Waals surface area (Å²) >= 11 is 5.66. The van der Waals surface area contributed by atoms with Crippen LogP contribution in [0.2, 0.25) is 5.02 Å². The van der Waals surface area contributed by atoms with E-state index in [1.165, 1.54) is 12.1 Å². The Morgan fingerprint density at radius 1 is 1.29 bits per heavy atom. The molecule has 0 unspecified atom stereocenters. The number of hydrogen-bond acceptors (Lipinski definition) is 5. The molecule has 0 saturated heterocycles. The molecule has 2 N–H and O–H groups in total. The number of carboxylic acids is 1. The van der Waals surface area contributed by atoms with Gasteiger partial charge in [0.05, 0.1) is 21.2 Å². The van der Waals surface area contributed by atoms with E-state index in [4.69, 9.17) is 16.7 Å². The number of sulfone groups is 1. The predicted molar refractivity (Wildman–Crippen MR) is 77.9 cm³/mol. The van der Waals surface area contributed by atoms with Gasteiger partial charge in [-0.2, -0.15) is 0 Å². The van der Waals surface area contributed by atoms with Crippen LogP contribution in [0, 0.1) is 0 Å². The van der Waals surface area contributed by atoms with Crippen molar-refractivity contribution in [3.05, 3.63) is 28.8 Å². The smallest absolute Gasteiger partial charge is 0.337 e. The monoisotopic (exact) mass is 355 g/mol. The quantitative estimate of drug-likeness (QED) is 0.697. The van der Waals surface area contributed by atoms with Crippen molar-refractivity contribution in [1.82, 2.24) is 4.72 Å². The van der Waals surface area contributed by atoms with Gasteiger partial charge in [-0.05, 0) is 24.6 Å². The van der Waals surface area contributed by atoms with Crippen LogP contribution in [-0.2, 0) is 19.9 Å². The molecular weight excluding hydrogens is 342 g/mol. The third kappa shape index (κ3) is 5.62. The van der Waals surface area contributed by atoms with E-state index in [2.05, 4.69) is 4.72 Å². The molecule has 1 aromatic rings. The minimum Gasteiger partial charge on any atom is -0.478 e. The third-order valence-electron chi connectivity index (χ3n) is 2.46. The first-order valence-corrected chi connectivity index (χ1v) is 9.65. The van der Waals surface area contributed by atoms with Crippen molar-refractivity contribution in [2.75, 3.05) is 18.6 Å². The van der Waals surface area contributed by atoms with Crippen molar-refractivity contribution < 1.29 is 26.7 Å². The van der Waals surface area contributed by atoms with Crippen molar-refractivity contribution in [2.24, 2.45) is 0 Å². The number of rotatable bonds is 7. The molecule has 0 saturated carbocycles. The normalized spacial score (nSPS) is 12.3. The fourth-order valence-electron chi connectivity index (χ4n) is 1.46. The Morgan fingerprint density at radius 2 is 1.90 bits per heavy atom. The predicted octanol–water partition coefficient (Wildman–Crippen LogP) is 0.751. The van der Waals surface area contributed by atoms with Gasteiger partial charge >= 0.3 is 5.97 Å².